The summed E-state index contributed by atoms with van der Waals surface area (Å²) in [6.45, 7) is 0. The first-order valence-corrected chi connectivity index (χ1v) is 4.19. The van der Waals surface area contributed by atoms with Crippen molar-refractivity contribution in [3.05, 3.63) is 0 Å². The second-order valence-corrected chi connectivity index (χ2v) is 2.69. The third-order valence-corrected chi connectivity index (χ3v) is 0. The van der Waals surface area contributed by atoms with Crippen LogP contribution < -0.4 is 51.4 Å². The van der Waals surface area contributed by atoms with Crippen LogP contribution in [0.25, 0.3) is 0 Å². The van der Waals surface area contributed by atoms with Gasteiger partial charge in [0.2, 0.25) is 0 Å². The van der Waals surface area contributed by atoms with Crippen molar-refractivity contribution in [3.63, 3.8) is 0 Å². The zero-order valence-corrected chi connectivity index (χ0v) is 13.9. The molecule has 0 rings (SSSR count). The zero-order chi connectivity index (χ0) is 9.00. The molecule has 0 aliphatic rings. The fraction of sp³-hybridized carbons (Fsp3) is 0. The van der Waals surface area contributed by atoms with Gasteiger partial charge in [-0.15, -0.1) is 0 Å². The summed E-state index contributed by atoms with van der Waals surface area (Å²) < 4.78 is 63.2. The van der Waals surface area contributed by atoms with Gasteiger partial charge in [-0.25, -0.2) is 0 Å². The van der Waals surface area contributed by atoms with Crippen LogP contribution in [0, 0.1) is 0 Å². The molecule has 0 aromatic heterocycles. The van der Waals surface area contributed by atoms with E-state index in [1.807, 2.05) is 0 Å². The van der Waals surface area contributed by atoms with Gasteiger partial charge >= 0.3 is 110 Å². The van der Waals surface area contributed by atoms with Gasteiger partial charge in [-0.05, 0) is 0 Å². The Bertz CT molecular complexity index is 226. The van der Waals surface area contributed by atoms with Crippen LogP contribution in [0.5, 0.6) is 0 Å². The Hall–Kier alpha value is 2.56. The van der Waals surface area contributed by atoms with Gasteiger partial charge < -0.3 is 15.2 Å². The average molecular weight is 314 g/mol. The van der Waals surface area contributed by atoms with Crippen LogP contribution in [0.2, 0.25) is 0 Å². The van der Waals surface area contributed by atoms with E-state index in [0.29, 0.717) is 0 Å². The molecule has 0 bridgehead atoms. The number of hydrogen-bond donors (Lipinski definition) is 4. The van der Waals surface area contributed by atoms with Crippen molar-refractivity contribution in [2.24, 2.45) is 0 Å². The standard InChI is InChI=1S/Ca.K.2H2O4S.2H2O.3H/c;;2*1-5(2,3)4;;;;;/h;;2*(H2,1,2,3,4);2*1H2;;;/q+2;+1;;;;;3*-1. The van der Waals surface area contributed by atoms with Crippen molar-refractivity contribution in [2.45, 2.75) is 0 Å². The zero-order valence-electron chi connectivity index (χ0n) is 9.95. The maximum atomic E-state index is 8.74. The minimum Gasteiger partial charge on any atom is -1.00 e. The van der Waals surface area contributed by atoms with Gasteiger partial charge in [0.05, 0.1) is 0 Å². The van der Waals surface area contributed by atoms with Crippen molar-refractivity contribution >= 4 is 58.5 Å². The summed E-state index contributed by atoms with van der Waals surface area (Å²) in [7, 11) is -9.33. The van der Waals surface area contributed by atoms with Crippen molar-refractivity contribution < 1.29 is 102 Å². The molecule has 0 amide bonds. The largest absolute Gasteiger partial charge is 2.00 e. The molecule has 0 heterocycles. The van der Waals surface area contributed by atoms with Crippen LogP contribution in [0.4, 0.5) is 0 Å². The molecule has 0 atom stereocenters. The van der Waals surface area contributed by atoms with E-state index >= 15 is 0 Å². The Morgan fingerprint density at radius 2 is 0.714 bits per heavy atom. The Morgan fingerprint density at radius 3 is 0.714 bits per heavy atom. The Labute approximate surface area is 157 Å². The Morgan fingerprint density at radius 1 is 0.714 bits per heavy atom. The van der Waals surface area contributed by atoms with Gasteiger partial charge in [-0.3, -0.25) is 18.2 Å². The Balaban J connectivity index is -0.00000000762. The van der Waals surface area contributed by atoms with Crippen LogP contribution in [-0.4, -0.2) is 83.7 Å². The van der Waals surface area contributed by atoms with E-state index < -0.39 is 20.8 Å². The first-order chi connectivity index (χ1) is 4.00. The normalized spacial score (nSPS) is 8.29. The Kier molecular flexibility index (Phi) is 40.0. The average Bonchev–Trinajstić information content (AvgIpc) is 1.12. The molecule has 0 aromatic rings. The molecule has 8 N–H and O–H groups in total. The van der Waals surface area contributed by atoms with E-state index in [1.54, 1.807) is 0 Å². The molecular formula is H11CaKO10S2. The summed E-state index contributed by atoms with van der Waals surface area (Å²) >= 11 is 0. The molecule has 0 saturated heterocycles. The maximum absolute atomic E-state index is 8.74. The molecule has 14 heteroatoms. The van der Waals surface area contributed by atoms with Crippen LogP contribution >= 0.6 is 0 Å². The summed E-state index contributed by atoms with van der Waals surface area (Å²) in [5, 5.41) is 0. The van der Waals surface area contributed by atoms with Gasteiger partial charge in [-0.2, -0.15) is 16.8 Å². The quantitative estimate of drug-likeness (QED) is 0.249. The van der Waals surface area contributed by atoms with Crippen LogP contribution in [-0.2, 0) is 20.8 Å². The molecule has 14 heavy (non-hydrogen) atoms. The van der Waals surface area contributed by atoms with E-state index in [1.165, 1.54) is 0 Å². The molecule has 0 aliphatic carbocycles. The first-order valence-electron chi connectivity index (χ1n) is 1.40. The molecule has 0 spiro atoms. The molecule has 10 nitrogen and oxygen atoms in total. The van der Waals surface area contributed by atoms with E-state index in [2.05, 4.69) is 0 Å². The molecule has 0 aliphatic heterocycles. The summed E-state index contributed by atoms with van der Waals surface area (Å²) in [5.41, 5.74) is 0. The van der Waals surface area contributed by atoms with Crippen LogP contribution in [0.15, 0.2) is 0 Å². The van der Waals surface area contributed by atoms with Crippen LogP contribution in [0.1, 0.15) is 4.28 Å². The van der Waals surface area contributed by atoms with Gasteiger partial charge in [-0.1, -0.05) is 0 Å². The number of hydrogen-bond acceptors (Lipinski definition) is 4. The van der Waals surface area contributed by atoms with Crippen molar-refractivity contribution in [1.82, 2.24) is 0 Å². The maximum Gasteiger partial charge on any atom is 2.00 e. The first kappa shape index (κ1) is 36.0. The van der Waals surface area contributed by atoms with Gasteiger partial charge in [0.15, 0.2) is 0 Å². The van der Waals surface area contributed by atoms with Crippen LogP contribution in [0.3, 0.4) is 0 Å². The molecule has 0 radical (unpaired) electrons. The second kappa shape index (κ2) is 15.6. The molecule has 86 valence electrons. The van der Waals surface area contributed by atoms with Gasteiger partial charge in [0, 0.05) is 0 Å². The summed E-state index contributed by atoms with van der Waals surface area (Å²) in [6.07, 6.45) is 0. The SMILES string of the molecule is O.O.O=S(=O)(O)O.O=S(=O)(O)O.[Ca+2].[H-].[H-].[H-].[K+]. The van der Waals surface area contributed by atoms with Crippen molar-refractivity contribution in [3.8, 4) is 0 Å². The van der Waals surface area contributed by atoms with E-state index in [-0.39, 0.29) is 104 Å². The summed E-state index contributed by atoms with van der Waals surface area (Å²) in [4.78, 5) is 0. The fourth-order valence-electron chi connectivity index (χ4n) is 0. The van der Waals surface area contributed by atoms with E-state index in [0.717, 1.165) is 0 Å². The molecule has 0 unspecified atom stereocenters. The second-order valence-electron chi connectivity index (χ2n) is 0.896. The summed E-state index contributed by atoms with van der Waals surface area (Å²) in [5.74, 6) is 0. The van der Waals surface area contributed by atoms with Gasteiger partial charge in [0.25, 0.3) is 0 Å². The molecule has 0 saturated carbocycles. The predicted molar refractivity (Wildman–Crippen MR) is 44.7 cm³/mol. The van der Waals surface area contributed by atoms with Crippen molar-refractivity contribution in [1.29, 1.82) is 0 Å². The van der Waals surface area contributed by atoms with E-state index in [4.69, 9.17) is 35.0 Å². The third-order valence-electron chi connectivity index (χ3n) is 0. The molecule has 0 fully saturated rings. The molecular weight excluding hydrogens is 303 g/mol. The van der Waals surface area contributed by atoms with E-state index in [9.17, 15) is 0 Å². The fourth-order valence-corrected chi connectivity index (χ4v) is 0. The minimum absolute atomic E-state index is 0. The number of rotatable bonds is 0. The van der Waals surface area contributed by atoms with Gasteiger partial charge in [0.1, 0.15) is 0 Å². The monoisotopic (exact) mass is 314 g/mol. The third kappa shape index (κ3) is 409. The topological polar surface area (TPSA) is 212 Å². The summed E-state index contributed by atoms with van der Waals surface area (Å²) in [6, 6.07) is 0. The smallest absolute Gasteiger partial charge is 1.00 e. The molecule has 0 aromatic carbocycles. The predicted octanol–water partition coefficient (Wildman–Crippen LogP) is -5.99. The van der Waals surface area contributed by atoms with Crippen molar-refractivity contribution in [2.75, 3.05) is 0 Å². The minimum atomic E-state index is -4.67.